The summed E-state index contributed by atoms with van der Waals surface area (Å²) in [5.74, 6) is -0.107. The number of hydrogen-bond donors (Lipinski definition) is 2. The summed E-state index contributed by atoms with van der Waals surface area (Å²) in [5.41, 5.74) is 7.43. The van der Waals surface area contributed by atoms with Crippen molar-refractivity contribution >= 4 is 23.2 Å². The Morgan fingerprint density at radius 2 is 2.17 bits per heavy atom. The fourth-order valence-electron chi connectivity index (χ4n) is 1.36. The van der Waals surface area contributed by atoms with Crippen molar-refractivity contribution in [3.63, 3.8) is 0 Å². The molecule has 1 aromatic rings. The van der Waals surface area contributed by atoms with Crippen molar-refractivity contribution in [1.29, 1.82) is 0 Å². The maximum Gasteiger partial charge on any atom is 0.226 e. The van der Waals surface area contributed by atoms with Gasteiger partial charge in [-0.25, -0.2) is 4.98 Å². The number of rotatable bonds is 3. The quantitative estimate of drug-likeness (QED) is 0.829. The van der Waals surface area contributed by atoms with Gasteiger partial charge in [-0.2, -0.15) is 0 Å². The number of amides is 1. The van der Waals surface area contributed by atoms with Gasteiger partial charge in [0.05, 0.1) is 11.9 Å². The summed E-state index contributed by atoms with van der Waals surface area (Å²) in [6, 6.07) is 1.53. The van der Waals surface area contributed by atoms with Gasteiger partial charge in [0, 0.05) is 12.5 Å². The van der Waals surface area contributed by atoms with Gasteiger partial charge in [0.15, 0.2) is 0 Å². The Labute approximate surface area is 113 Å². The smallest absolute Gasteiger partial charge is 0.226 e. The summed E-state index contributed by atoms with van der Waals surface area (Å²) >= 11 is 5.75. The number of hydrogen-bond acceptors (Lipinski definition) is 3. The van der Waals surface area contributed by atoms with E-state index in [1.807, 2.05) is 27.7 Å². The van der Waals surface area contributed by atoms with Crippen molar-refractivity contribution in [3.05, 3.63) is 23.0 Å². The number of nitrogens with one attached hydrogen (secondary N) is 1. The Morgan fingerprint density at radius 3 is 2.67 bits per heavy atom. The number of aromatic nitrogens is 1. The van der Waals surface area contributed by atoms with E-state index in [1.165, 1.54) is 0 Å². The van der Waals surface area contributed by atoms with E-state index in [1.54, 1.807) is 12.3 Å². The van der Waals surface area contributed by atoms with E-state index in [0.29, 0.717) is 10.8 Å². The molecule has 0 aliphatic carbocycles. The first-order chi connectivity index (χ1) is 8.20. The summed E-state index contributed by atoms with van der Waals surface area (Å²) < 4.78 is 0. The summed E-state index contributed by atoms with van der Waals surface area (Å²) in [7, 11) is 0. The van der Waals surface area contributed by atoms with Crippen molar-refractivity contribution in [2.45, 2.75) is 40.2 Å². The molecule has 1 unspecified atom stereocenters. The molecular formula is C13H20ClN3O. The van der Waals surface area contributed by atoms with Crippen LogP contribution in [0.25, 0.3) is 0 Å². The topological polar surface area (TPSA) is 68.0 Å². The number of halogens is 1. The zero-order chi connectivity index (χ0) is 13.9. The SMILES string of the molecule is Cc1cc(Cl)ncc1NC(=O)CC(N)C(C)(C)C. The molecule has 1 aromatic heterocycles. The highest BCUT2D eigenvalue weighted by atomic mass is 35.5. The molecule has 0 saturated carbocycles. The minimum Gasteiger partial charge on any atom is -0.327 e. The second-order valence-electron chi connectivity index (χ2n) is 5.55. The van der Waals surface area contributed by atoms with Crippen LogP contribution in [0.2, 0.25) is 5.15 Å². The third kappa shape index (κ3) is 4.27. The lowest BCUT2D eigenvalue weighted by Gasteiger charge is -2.26. The molecule has 0 fully saturated rings. The maximum absolute atomic E-state index is 11.9. The lowest BCUT2D eigenvalue weighted by molar-refractivity contribution is -0.117. The van der Waals surface area contributed by atoms with Crippen LogP contribution in [-0.2, 0) is 4.79 Å². The van der Waals surface area contributed by atoms with Gasteiger partial charge in [-0.1, -0.05) is 32.4 Å². The minimum atomic E-state index is -0.182. The van der Waals surface area contributed by atoms with Gasteiger partial charge in [0.2, 0.25) is 5.91 Å². The molecule has 3 N–H and O–H groups in total. The molecule has 0 saturated heterocycles. The normalized spacial score (nSPS) is 13.2. The molecule has 0 aliphatic heterocycles. The lowest BCUT2D eigenvalue weighted by Crippen LogP contribution is -2.38. The fourth-order valence-corrected chi connectivity index (χ4v) is 1.57. The molecule has 5 heteroatoms. The van der Waals surface area contributed by atoms with Gasteiger partial charge in [-0.15, -0.1) is 0 Å². The van der Waals surface area contributed by atoms with Crippen LogP contribution in [0.1, 0.15) is 32.8 Å². The predicted octanol–water partition coefficient (Wildman–Crippen LogP) is 2.75. The van der Waals surface area contributed by atoms with Crippen molar-refractivity contribution in [2.24, 2.45) is 11.1 Å². The molecule has 0 aliphatic rings. The third-order valence-electron chi connectivity index (χ3n) is 2.87. The Kier molecular flexibility index (Phi) is 4.71. The van der Waals surface area contributed by atoms with Gasteiger partial charge in [0.25, 0.3) is 0 Å². The lowest BCUT2D eigenvalue weighted by atomic mass is 9.85. The van der Waals surface area contributed by atoms with Crippen molar-refractivity contribution in [1.82, 2.24) is 4.98 Å². The van der Waals surface area contributed by atoms with Gasteiger partial charge >= 0.3 is 0 Å². The van der Waals surface area contributed by atoms with Gasteiger partial charge in [0.1, 0.15) is 5.15 Å². The van der Waals surface area contributed by atoms with Crippen molar-refractivity contribution < 1.29 is 4.79 Å². The second-order valence-corrected chi connectivity index (χ2v) is 5.93. The van der Waals surface area contributed by atoms with Crippen LogP contribution < -0.4 is 11.1 Å². The first-order valence-corrected chi connectivity index (χ1v) is 6.25. The average Bonchev–Trinajstić information content (AvgIpc) is 2.20. The highest BCUT2D eigenvalue weighted by Gasteiger charge is 2.23. The van der Waals surface area contributed by atoms with E-state index in [9.17, 15) is 4.79 Å². The van der Waals surface area contributed by atoms with Gasteiger partial charge < -0.3 is 11.1 Å². The molecule has 0 spiro atoms. The highest BCUT2D eigenvalue weighted by Crippen LogP contribution is 2.21. The number of nitrogens with two attached hydrogens (primary N) is 1. The summed E-state index contributed by atoms with van der Waals surface area (Å²) in [6.45, 7) is 7.91. The summed E-state index contributed by atoms with van der Waals surface area (Å²) in [5, 5.41) is 3.21. The minimum absolute atomic E-state index is 0.0926. The van der Waals surface area contributed by atoms with E-state index in [4.69, 9.17) is 17.3 Å². The molecule has 1 atom stereocenters. The number of carbonyl (C=O) groups is 1. The van der Waals surface area contributed by atoms with Gasteiger partial charge in [-0.3, -0.25) is 4.79 Å². The Hall–Kier alpha value is -1.13. The largest absolute Gasteiger partial charge is 0.327 e. The Bertz CT molecular complexity index is 440. The summed E-state index contributed by atoms with van der Waals surface area (Å²) in [6.07, 6.45) is 1.84. The average molecular weight is 270 g/mol. The second kappa shape index (κ2) is 5.67. The van der Waals surface area contributed by atoms with E-state index in [0.717, 1.165) is 5.56 Å². The molecule has 4 nitrogen and oxygen atoms in total. The molecule has 0 bridgehead atoms. The van der Waals surface area contributed by atoms with Gasteiger partial charge in [-0.05, 0) is 24.0 Å². The predicted molar refractivity (Wildman–Crippen MR) is 74.7 cm³/mol. The van der Waals surface area contributed by atoms with Crippen LogP contribution in [0.4, 0.5) is 5.69 Å². The number of anilines is 1. The molecule has 0 radical (unpaired) electrons. The number of nitrogens with zero attached hydrogens (tertiary/aromatic N) is 1. The van der Waals surface area contributed by atoms with Crippen LogP contribution in [0.3, 0.4) is 0 Å². The zero-order valence-electron chi connectivity index (χ0n) is 11.2. The van der Waals surface area contributed by atoms with Crippen LogP contribution in [-0.4, -0.2) is 16.9 Å². The third-order valence-corrected chi connectivity index (χ3v) is 3.08. The number of aryl methyl sites for hydroxylation is 1. The molecule has 1 amide bonds. The highest BCUT2D eigenvalue weighted by molar-refractivity contribution is 6.29. The summed E-state index contributed by atoms with van der Waals surface area (Å²) in [4.78, 5) is 15.8. The number of pyridine rings is 1. The zero-order valence-corrected chi connectivity index (χ0v) is 12.0. The number of carbonyl (C=O) groups excluding carboxylic acids is 1. The van der Waals surface area contributed by atoms with Crippen molar-refractivity contribution in [3.8, 4) is 0 Å². The van der Waals surface area contributed by atoms with Crippen molar-refractivity contribution in [2.75, 3.05) is 5.32 Å². The molecule has 0 aromatic carbocycles. The Morgan fingerprint density at radius 1 is 1.56 bits per heavy atom. The van der Waals surface area contributed by atoms with E-state index >= 15 is 0 Å². The molecule has 100 valence electrons. The van der Waals surface area contributed by atoms with E-state index in [-0.39, 0.29) is 23.8 Å². The molecular weight excluding hydrogens is 250 g/mol. The fraction of sp³-hybridized carbons (Fsp3) is 0.538. The van der Waals surface area contributed by atoms with Crippen LogP contribution in [0.5, 0.6) is 0 Å². The van der Waals surface area contributed by atoms with Crippen LogP contribution >= 0.6 is 11.6 Å². The molecule has 1 heterocycles. The maximum atomic E-state index is 11.9. The first-order valence-electron chi connectivity index (χ1n) is 5.87. The Balaban J connectivity index is 2.65. The standard InChI is InChI=1S/C13H20ClN3O/c1-8-5-11(14)16-7-9(8)17-12(18)6-10(15)13(2,3)4/h5,7,10H,6,15H2,1-4H3,(H,17,18). The monoisotopic (exact) mass is 269 g/mol. The van der Waals surface area contributed by atoms with Crippen LogP contribution in [0, 0.1) is 12.3 Å². The molecule has 18 heavy (non-hydrogen) atoms. The van der Waals surface area contributed by atoms with E-state index < -0.39 is 0 Å². The van der Waals surface area contributed by atoms with Crippen LogP contribution in [0.15, 0.2) is 12.3 Å². The first kappa shape index (κ1) is 14.9. The molecule has 1 rings (SSSR count). The van der Waals surface area contributed by atoms with E-state index in [2.05, 4.69) is 10.3 Å².